The first-order valence-electron chi connectivity index (χ1n) is 10.7. The van der Waals surface area contributed by atoms with Crippen molar-refractivity contribution < 1.29 is 22.7 Å². The Labute approximate surface area is 188 Å². The quantitative estimate of drug-likeness (QED) is 0.592. The first-order chi connectivity index (χ1) is 15.7. The summed E-state index contributed by atoms with van der Waals surface area (Å²) in [5.41, 5.74) is 0.187. The number of ether oxygens (including phenoxy) is 1. The van der Waals surface area contributed by atoms with Gasteiger partial charge in [-0.2, -0.15) is 13.2 Å². The number of aryl methyl sites for hydroxylation is 1. The number of alkyl halides is 3. The average molecular weight is 459 g/mol. The van der Waals surface area contributed by atoms with E-state index in [0.29, 0.717) is 55.1 Å². The van der Waals surface area contributed by atoms with Crippen molar-refractivity contribution in [2.24, 2.45) is 0 Å². The molecule has 33 heavy (non-hydrogen) atoms. The van der Waals surface area contributed by atoms with E-state index in [-0.39, 0.29) is 16.9 Å². The number of fused-ring (bicyclic) bond motifs is 1. The van der Waals surface area contributed by atoms with E-state index >= 15 is 0 Å². The van der Waals surface area contributed by atoms with E-state index in [0.717, 1.165) is 12.1 Å². The summed E-state index contributed by atoms with van der Waals surface area (Å²) in [6.45, 7) is 3.85. The van der Waals surface area contributed by atoms with E-state index in [2.05, 4.69) is 0 Å². The van der Waals surface area contributed by atoms with Gasteiger partial charge in [0.1, 0.15) is 11.3 Å². The van der Waals surface area contributed by atoms with Gasteiger partial charge in [0.25, 0.3) is 5.91 Å². The fourth-order valence-corrected chi connectivity index (χ4v) is 4.13. The number of carbonyl (C=O) groups is 1. The van der Waals surface area contributed by atoms with Gasteiger partial charge in [0.05, 0.1) is 23.6 Å². The normalized spacial score (nSPS) is 14.6. The van der Waals surface area contributed by atoms with Crippen LogP contribution >= 0.6 is 0 Å². The zero-order valence-electron chi connectivity index (χ0n) is 18.4. The number of amides is 1. The molecule has 0 radical (unpaired) electrons. The van der Waals surface area contributed by atoms with E-state index in [1.54, 1.807) is 35.4 Å². The van der Waals surface area contributed by atoms with Crippen molar-refractivity contribution >= 4 is 22.5 Å². The maximum Gasteiger partial charge on any atom is 0.416 e. The molecule has 174 valence electrons. The van der Waals surface area contributed by atoms with Gasteiger partial charge in [-0.15, -0.1) is 0 Å². The van der Waals surface area contributed by atoms with Gasteiger partial charge in [-0.05, 0) is 43.3 Å². The number of rotatable bonds is 4. The predicted molar refractivity (Wildman–Crippen MR) is 120 cm³/mol. The fourth-order valence-electron chi connectivity index (χ4n) is 4.13. The molecule has 0 bridgehead atoms. The second-order valence-corrected chi connectivity index (χ2v) is 7.87. The topological polar surface area (TPSA) is 54.8 Å². The Bertz CT molecular complexity index is 1250. The highest BCUT2D eigenvalue weighted by atomic mass is 19.4. The SMILES string of the molecule is CCn1cc(C(=O)N2CCN(c3cccc(C(F)(F)F)c3)CC2)c(=O)c2cc(OC)ccc21. The Kier molecular flexibility index (Phi) is 6.05. The molecule has 1 aromatic heterocycles. The minimum atomic E-state index is -4.41. The van der Waals surface area contributed by atoms with E-state index < -0.39 is 11.7 Å². The summed E-state index contributed by atoms with van der Waals surface area (Å²) >= 11 is 0. The molecule has 0 N–H and O–H groups in total. The summed E-state index contributed by atoms with van der Waals surface area (Å²) in [5.74, 6) is 0.150. The Morgan fingerprint density at radius 1 is 1.06 bits per heavy atom. The molecular weight excluding hydrogens is 435 g/mol. The number of piperazine rings is 1. The maximum atomic E-state index is 13.2. The largest absolute Gasteiger partial charge is 0.497 e. The third-order valence-electron chi connectivity index (χ3n) is 5.96. The Morgan fingerprint density at radius 2 is 1.79 bits per heavy atom. The molecule has 2 aromatic carbocycles. The van der Waals surface area contributed by atoms with Gasteiger partial charge in [0.2, 0.25) is 5.43 Å². The van der Waals surface area contributed by atoms with Crippen LogP contribution in [-0.2, 0) is 12.7 Å². The van der Waals surface area contributed by atoms with Gasteiger partial charge in [0, 0.05) is 44.6 Å². The van der Waals surface area contributed by atoms with Crippen molar-refractivity contribution in [3.8, 4) is 5.75 Å². The van der Waals surface area contributed by atoms with Crippen molar-refractivity contribution in [1.82, 2.24) is 9.47 Å². The molecule has 1 aliphatic heterocycles. The van der Waals surface area contributed by atoms with Gasteiger partial charge < -0.3 is 19.1 Å². The van der Waals surface area contributed by atoms with Crippen LogP contribution in [0.2, 0.25) is 0 Å². The molecule has 2 heterocycles. The number of pyridine rings is 1. The highest BCUT2D eigenvalue weighted by molar-refractivity contribution is 5.97. The number of benzene rings is 2. The number of carbonyl (C=O) groups excluding carboxylic acids is 1. The van der Waals surface area contributed by atoms with Crippen LogP contribution in [0.3, 0.4) is 0 Å². The van der Waals surface area contributed by atoms with E-state index in [1.165, 1.54) is 13.2 Å². The maximum absolute atomic E-state index is 13.2. The Hall–Kier alpha value is -3.49. The van der Waals surface area contributed by atoms with Crippen molar-refractivity contribution in [3.63, 3.8) is 0 Å². The van der Waals surface area contributed by atoms with Crippen LogP contribution in [0.25, 0.3) is 10.9 Å². The van der Waals surface area contributed by atoms with Gasteiger partial charge >= 0.3 is 6.18 Å². The average Bonchev–Trinajstić information content (AvgIpc) is 2.83. The minimum Gasteiger partial charge on any atom is -0.497 e. The van der Waals surface area contributed by atoms with E-state index in [1.807, 2.05) is 16.4 Å². The molecule has 1 amide bonds. The predicted octanol–water partition coefficient (Wildman–Crippen LogP) is 4.01. The Balaban J connectivity index is 1.57. The molecule has 0 saturated carbocycles. The summed E-state index contributed by atoms with van der Waals surface area (Å²) in [7, 11) is 1.51. The van der Waals surface area contributed by atoms with E-state index in [9.17, 15) is 22.8 Å². The van der Waals surface area contributed by atoms with E-state index in [4.69, 9.17) is 4.74 Å². The molecular formula is C24H24F3N3O3. The highest BCUT2D eigenvalue weighted by Crippen LogP contribution is 2.32. The molecule has 1 saturated heterocycles. The van der Waals surface area contributed by atoms with Crippen LogP contribution in [0.5, 0.6) is 5.75 Å². The van der Waals surface area contributed by atoms with Crippen LogP contribution in [0.15, 0.2) is 53.5 Å². The van der Waals surface area contributed by atoms with Crippen molar-refractivity contribution in [2.75, 3.05) is 38.2 Å². The molecule has 0 aliphatic carbocycles. The lowest BCUT2D eigenvalue weighted by molar-refractivity contribution is -0.137. The lowest BCUT2D eigenvalue weighted by Gasteiger charge is -2.36. The number of hydrogen-bond donors (Lipinski definition) is 0. The molecule has 1 fully saturated rings. The minimum absolute atomic E-state index is 0.0742. The number of halogens is 3. The Morgan fingerprint density at radius 3 is 2.42 bits per heavy atom. The number of hydrogen-bond acceptors (Lipinski definition) is 4. The molecule has 4 rings (SSSR count). The summed E-state index contributed by atoms with van der Waals surface area (Å²) in [6, 6.07) is 10.4. The highest BCUT2D eigenvalue weighted by Gasteiger charge is 2.31. The van der Waals surface area contributed by atoms with Gasteiger partial charge in [-0.1, -0.05) is 6.07 Å². The molecule has 0 unspecified atom stereocenters. The smallest absolute Gasteiger partial charge is 0.416 e. The van der Waals surface area contributed by atoms with Crippen LogP contribution in [0.4, 0.5) is 18.9 Å². The second-order valence-electron chi connectivity index (χ2n) is 7.87. The molecule has 9 heteroatoms. The first-order valence-corrected chi connectivity index (χ1v) is 10.7. The molecule has 1 aliphatic rings. The lowest BCUT2D eigenvalue weighted by atomic mass is 10.1. The van der Waals surface area contributed by atoms with Crippen LogP contribution in [0, 0.1) is 0 Å². The van der Waals surface area contributed by atoms with Crippen LogP contribution < -0.4 is 15.1 Å². The van der Waals surface area contributed by atoms with Gasteiger partial charge in [0.15, 0.2) is 0 Å². The monoisotopic (exact) mass is 459 g/mol. The lowest BCUT2D eigenvalue weighted by Crippen LogP contribution is -2.49. The zero-order chi connectivity index (χ0) is 23.8. The van der Waals surface area contributed by atoms with Gasteiger partial charge in [-0.25, -0.2) is 0 Å². The summed E-state index contributed by atoms with van der Waals surface area (Å²) < 4.78 is 46.2. The zero-order valence-corrected chi connectivity index (χ0v) is 18.4. The third kappa shape index (κ3) is 4.40. The van der Waals surface area contributed by atoms with Crippen molar-refractivity contribution in [1.29, 1.82) is 0 Å². The fraction of sp³-hybridized carbons (Fsp3) is 0.333. The standard InChI is InChI=1S/C24H24F3N3O3/c1-3-28-15-20(22(31)19-14-18(33-2)7-8-21(19)28)23(32)30-11-9-29(10-12-30)17-6-4-5-16(13-17)24(25,26)27/h4-8,13-15H,3,9-12H2,1-2H3. The number of anilines is 1. The number of methoxy groups -OCH3 is 1. The molecule has 3 aromatic rings. The molecule has 0 atom stereocenters. The number of nitrogens with zero attached hydrogens (tertiary/aromatic N) is 3. The summed E-state index contributed by atoms with van der Waals surface area (Å²) in [5, 5.41) is 0.407. The van der Waals surface area contributed by atoms with Gasteiger partial charge in [-0.3, -0.25) is 9.59 Å². The van der Waals surface area contributed by atoms with Crippen molar-refractivity contribution in [3.05, 3.63) is 70.0 Å². The van der Waals surface area contributed by atoms with Crippen LogP contribution in [-0.4, -0.2) is 48.7 Å². The summed E-state index contributed by atoms with van der Waals surface area (Å²) in [6.07, 6.45) is -2.83. The molecule has 0 spiro atoms. The number of aromatic nitrogens is 1. The first kappa shape index (κ1) is 22.7. The second kappa shape index (κ2) is 8.80. The summed E-state index contributed by atoms with van der Waals surface area (Å²) in [4.78, 5) is 29.8. The third-order valence-corrected chi connectivity index (χ3v) is 5.96. The molecule has 6 nitrogen and oxygen atoms in total. The van der Waals surface area contributed by atoms with Crippen LogP contribution in [0.1, 0.15) is 22.8 Å². The van der Waals surface area contributed by atoms with Crippen molar-refractivity contribution in [2.45, 2.75) is 19.6 Å².